The average molecular weight is 305 g/mol. The van der Waals surface area contributed by atoms with E-state index in [0.717, 1.165) is 28.6 Å². The third-order valence-electron chi connectivity index (χ3n) is 3.55. The Balaban J connectivity index is 1.94. The largest absolute Gasteiger partial charge is 0.466 e. The molecule has 0 spiro atoms. The monoisotopic (exact) mass is 305 g/mol. The Morgan fingerprint density at radius 2 is 2.14 bits per heavy atom. The maximum atomic E-state index is 12.1. The molecule has 2 rings (SSSR count). The summed E-state index contributed by atoms with van der Waals surface area (Å²) in [6, 6.07) is 3.81. The van der Waals surface area contributed by atoms with Crippen LogP contribution in [0.3, 0.4) is 0 Å². The normalized spacial score (nSPS) is 10.9. The van der Waals surface area contributed by atoms with Gasteiger partial charge in [-0.2, -0.15) is 5.10 Å². The summed E-state index contributed by atoms with van der Waals surface area (Å²) in [7, 11) is 1.66. The number of hydrogen-bond acceptors (Lipinski definition) is 4. The number of ether oxygens (including phenoxy) is 1. The second kappa shape index (κ2) is 7.26. The number of aromatic nitrogens is 2. The number of aryl methyl sites for hydroxylation is 3. The summed E-state index contributed by atoms with van der Waals surface area (Å²) in [5, 5.41) is 7.37. The number of furan rings is 1. The fraction of sp³-hybridized carbons (Fsp3) is 0.500. The molecule has 6 nitrogen and oxygen atoms in total. The molecule has 0 aliphatic rings. The van der Waals surface area contributed by atoms with Crippen LogP contribution in [0.1, 0.15) is 29.3 Å². The van der Waals surface area contributed by atoms with Gasteiger partial charge < -0.3 is 14.5 Å². The SMILES string of the molecule is COCCn1nc(C)c(NC(=O)CCc2ccc(C)o2)c1C. The topological polar surface area (TPSA) is 69.3 Å². The van der Waals surface area contributed by atoms with E-state index in [1.165, 1.54) is 0 Å². The molecule has 2 aromatic heterocycles. The van der Waals surface area contributed by atoms with Crippen molar-refractivity contribution < 1.29 is 13.9 Å². The number of nitrogens with one attached hydrogen (secondary N) is 1. The third-order valence-corrected chi connectivity index (χ3v) is 3.55. The zero-order valence-corrected chi connectivity index (χ0v) is 13.6. The van der Waals surface area contributed by atoms with Crippen LogP contribution in [0, 0.1) is 20.8 Å². The summed E-state index contributed by atoms with van der Waals surface area (Å²) in [6.45, 7) is 6.99. The maximum absolute atomic E-state index is 12.1. The first-order valence-electron chi connectivity index (χ1n) is 7.39. The Kier molecular flexibility index (Phi) is 5.38. The maximum Gasteiger partial charge on any atom is 0.224 e. The second-order valence-electron chi connectivity index (χ2n) is 5.32. The number of hydrogen-bond donors (Lipinski definition) is 1. The number of carbonyl (C=O) groups is 1. The summed E-state index contributed by atoms with van der Waals surface area (Å²) < 4.78 is 12.4. The van der Waals surface area contributed by atoms with E-state index in [0.29, 0.717) is 26.0 Å². The van der Waals surface area contributed by atoms with Crippen molar-refractivity contribution in [2.24, 2.45) is 0 Å². The average Bonchev–Trinajstić information content (AvgIpc) is 3.01. The number of carbonyl (C=O) groups excluding carboxylic acids is 1. The van der Waals surface area contributed by atoms with E-state index < -0.39 is 0 Å². The second-order valence-corrected chi connectivity index (χ2v) is 5.32. The van der Waals surface area contributed by atoms with Gasteiger partial charge in [-0.1, -0.05) is 0 Å². The molecule has 0 radical (unpaired) electrons. The first kappa shape index (κ1) is 16.3. The molecule has 0 saturated carbocycles. The third kappa shape index (κ3) is 3.98. The van der Waals surface area contributed by atoms with Crippen LogP contribution < -0.4 is 5.32 Å². The van der Waals surface area contributed by atoms with Gasteiger partial charge in [0.15, 0.2) is 0 Å². The van der Waals surface area contributed by atoms with Crippen molar-refractivity contribution in [3.8, 4) is 0 Å². The van der Waals surface area contributed by atoms with E-state index in [1.54, 1.807) is 7.11 Å². The molecule has 0 unspecified atom stereocenters. The Morgan fingerprint density at radius 3 is 2.77 bits per heavy atom. The van der Waals surface area contributed by atoms with Gasteiger partial charge in [-0.15, -0.1) is 0 Å². The molecule has 22 heavy (non-hydrogen) atoms. The van der Waals surface area contributed by atoms with E-state index in [4.69, 9.17) is 9.15 Å². The van der Waals surface area contributed by atoms with Crippen molar-refractivity contribution in [1.29, 1.82) is 0 Å². The molecule has 0 aliphatic heterocycles. The van der Waals surface area contributed by atoms with Crippen LogP contribution in [0.25, 0.3) is 0 Å². The zero-order chi connectivity index (χ0) is 16.1. The minimum Gasteiger partial charge on any atom is -0.466 e. The molecular weight excluding hydrogens is 282 g/mol. The summed E-state index contributed by atoms with van der Waals surface area (Å²) in [6.07, 6.45) is 0.977. The molecular formula is C16H23N3O3. The van der Waals surface area contributed by atoms with Gasteiger partial charge in [0, 0.05) is 20.0 Å². The minimum absolute atomic E-state index is 0.0356. The van der Waals surface area contributed by atoms with E-state index in [2.05, 4.69) is 10.4 Å². The molecule has 0 aromatic carbocycles. The van der Waals surface area contributed by atoms with Gasteiger partial charge in [0.1, 0.15) is 11.5 Å². The lowest BCUT2D eigenvalue weighted by atomic mass is 10.2. The van der Waals surface area contributed by atoms with Crippen LogP contribution in [-0.4, -0.2) is 29.4 Å². The molecule has 0 aliphatic carbocycles. The van der Waals surface area contributed by atoms with Gasteiger partial charge >= 0.3 is 0 Å². The van der Waals surface area contributed by atoms with Gasteiger partial charge in [0.25, 0.3) is 0 Å². The fourth-order valence-corrected chi connectivity index (χ4v) is 2.33. The molecule has 1 N–H and O–H groups in total. The predicted octanol–water partition coefficient (Wildman–Crippen LogP) is 2.62. The zero-order valence-electron chi connectivity index (χ0n) is 13.6. The quantitative estimate of drug-likeness (QED) is 0.853. The van der Waals surface area contributed by atoms with Crippen LogP contribution in [-0.2, 0) is 22.5 Å². The molecule has 0 atom stereocenters. The lowest BCUT2D eigenvalue weighted by Crippen LogP contribution is -2.14. The Morgan fingerprint density at radius 1 is 1.36 bits per heavy atom. The van der Waals surface area contributed by atoms with E-state index in [-0.39, 0.29) is 5.91 Å². The summed E-state index contributed by atoms with van der Waals surface area (Å²) in [5.41, 5.74) is 2.55. The number of rotatable bonds is 7. The van der Waals surface area contributed by atoms with Crippen LogP contribution in [0.15, 0.2) is 16.5 Å². The molecule has 2 heterocycles. The molecule has 0 fully saturated rings. The Bertz CT molecular complexity index is 643. The standard InChI is InChI=1S/C16H23N3O3/c1-11-5-6-14(22-11)7-8-15(20)17-16-12(2)18-19(13(16)3)9-10-21-4/h5-6H,7-10H2,1-4H3,(H,17,20). The van der Waals surface area contributed by atoms with Crippen molar-refractivity contribution in [2.45, 2.75) is 40.2 Å². The van der Waals surface area contributed by atoms with Crippen molar-refractivity contribution in [1.82, 2.24) is 9.78 Å². The molecule has 0 bridgehead atoms. The summed E-state index contributed by atoms with van der Waals surface area (Å²) >= 11 is 0. The number of nitrogens with zero attached hydrogens (tertiary/aromatic N) is 2. The van der Waals surface area contributed by atoms with Gasteiger partial charge in [-0.25, -0.2) is 0 Å². The Hall–Kier alpha value is -2.08. The van der Waals surface area contributed by atoms with Crippen molar-refractivity contribution in [2.75, 3.05) is 19.0 Å². The molecule has 0 saturated heterocycles. The van der Waals surface area contributed by atoms with Gasteiger partial charge in [0.05, 0.1) is 30.2 Å². The van der Waals surface area contributed by atoms with Crippen LogP contribution >= 0.6 is 0 Å². The lowest BCUT2D eigenvalue weighted by Gasteiger charge is -2.06. The first-order chi connectivity index (χ1) is 10.5. The van der Waals surface area contributed by atoms with Gasteiger partial charge in [-0.3, -0.25) is 9.48 Å². The van der Waals surface area contributed by atoms with Crippen molar-refractivity contribution >= 4 is 11.6 Å². The molecule has 120 valence electrons. The minimum atomic E-state index is -0.0356. The summed E-state index contributed by atoms with van der Waals surface area (Å²) in [5.74, 6) is 1.66. The lowest BCUT2D eigenvalue weighted by molar-refractivity contribution is -0.116. The fourth-order valence-electron chi connectivity index (χ4n) is 2.33. The van der Waals surface area contributed by atoms with E-state index in [1.807, 2.05) is 37.6 Å². The molecule has 2 aromatic rings. The smallest absolute Gasteiger partial charge is 0.224 e. The number of anilines is 1. The van der Waals surface area contributed by atoms with Crippen LogP contribution in [0.5, 0.6) is 0 Å². The molecule has 6 heteroatoms. The predicted molar refractivity (Wildman–Crippen MR) is 84.0 cm³/mol. The first-order valence-corrected chi connectivity index (χ1v) is 7.39. The number of methoxy groups -OCH3 is 1. The van der Waals surface area contributed by atoms with Crippen LogP contribution in [0.4, 0.5) is 5.69 Å². The van der Waals surface area contributed by atoms with E-state index in [9.17, 15) is 4.79 Å². The summed E-state index contributed by atoms with van der Waals surface area (Å²) in [4.78, 5) is 12.1. The highest BCUT2D eigenvalue weighted by Crippen LogP contribution is 2.20. The van der Waals surface area contributed by atoms with Gasteiger partial charge in [0.2, 0.25) is 5.91 Å². The Labute approximate surface area is 130 Å². The van der Waals surface area contributed by atoms with E-state index >= 15 is 0 Å². The highest BCUT2D eigenvalue weighted by Gasteiger charge is 2.14. The van der Waals surface area contributed by atoms with Crippen molar-refractivity contribution in [3.05, 3.63) is 35.0 Å². The van der Waals surface area contributed by atoms with Crippen LogP contribution in [0.2, 0.25) is 0 Å². The van der Waals surface area contributed by atoms with Gasteiger partial charge in [-0.05, 0) is 32.9 Å². The highest BCUT2D eigenvalue weighted by atomic mass is 16.5. The number of amides is 1. The van der Waals surface area contributed by atoms with Crippen molar-refractivity contribution in [3.63, 3.8) is 0 Å². The molecule has 1 amide bonds. The highest BCUT2D eigenvalue weighted by molar-refractivity contribution is 5.91.